The van der Waals surface area contributed by atoms with E-state index in [1.807, 2.05) is 24.3 Å². The molecule has 0 aliphatic heterocycles. The van der Waals surface area contributed by atoms with Gasteiger partial charge in [-0.1, -0.05) is 89.5 Å². The van der Waals surface area contributed by atoms with Crippen LogP contribution in [0.2, 0.25) is 0 Å². The Morgan fingerprint density at radius 1 is 0.853 bits per heavy atom. The van der Waals surface area contributed by atoms with E-state index < -0.39 is 0 Å². The number of ether oxygens (including phenoxy) is 1. The average Bonchev–Trinajstić information content (AvgIpc) is 2.85. The van der Waals surface area contributed by atoms with Crippen molar-refractivity contribution < 1.29 is 13.9 Å². The summed E-state index contributed by atoms with van der Waals surface area (Å²) in [5.74, 6) is 1.02. The Morgan fingerprint density at radius 3 is 2.21 bits per heavy atom. The second-order valence-electron chi connectivity index (χ2n) is 10.1. The van der Waals surface area contributed by atoms with Gasteiger partial charge in [0.15, 0.2) is 0 Å². The third-order valence-electron chi connectivity index (χ3n) is 7.38. The van der Waals surface area contributed by atoms with Crippen molar-refractivity contribution in [3.05, 3.63) is 53.8 Å². The minimum Gasteiger partial charge on any atom is -0.426 e. The van der Waals surface area contributed by atoms with Gasteiger partial charge in [0.05, 0.1) is 5.92 Å². The molecule has 34 heavy (non-hydrogen) atoms. The van der Waals surface area contributed by atoms with Crippen molar-refractivity contribution in [3.63, 3.8) is 0 Å². The lowest BCUT2D eigenvalue weighted by Gasteiger charge is -2.27. The number of esters is 1. The molecule has 186 valence electrons. The molecule has 0 bridgehead atoms. The molecule has 3 heteroatoms. The number of halogens is 1. The molecule has 3 rings (SSSR count). The maximum Gasteiger partial charge on any atom is 0.314 e. The van der Waals surface area contributed by atoms with Crippen molar-refractivity contribution in [1.82, 2.24) is 0 Å². The quantitative estimate of drug-likeness (QED) is 0.167. The van der Waals surface area contributed by atoms with Gasteiger partial charge in [0, 0.05) is 5.56 Å². The lowest BCUT2D eigenvalue weighted by Crippen LogP contribution is -2.25. The predicted octanol–water partition coefficient (Wildman–Crippen LogP) is 9.30. The van der Waals surface area contributed by atoms with Crippen LogP contribution < -0.4 is 4.74 Å². The summed E-state index contributed by atoms with van der Waals surface area (Å²) in [5.41, 5.74) is 2.46. The highest BCUT2D eigenvalue weighted by molar-refractivity contribution is 5.75. The van der Waals surface area contributed by atoms with E-state index in [9.17, 15) is 9.18 Å². The third kappa shape index (κ3) is 8.25. The summed E-state index contributed by atoms with van der Waals surface area (Å²) < 4.78 is 20.4. The summed E-state index contributed by atoms with van der Waals surface area (Å²) in [6.07, 6.45) is 16.3. The number of unbranched alkanes of at least 4 members (excludes halogenated alkanes) is 6. The van der Waals surface area contributed by atoms with Crippen LogP contribution in [0.15, 0.2) is 42.5 Å². The van der Waals surface area contributed by atoms with Crippen LogP contribution >= 0.6 is 0 Å². The monoisotopic (exact) mass is 466 g/mol. The van der Waals surface area contributed by atoms with Crippen LogP contribution in [0, 0.1) is 17.7 Å². The summed E-state index contributed by atoms with van der Waals surface area (Å²) in [6.45, 7) is 4.45. The van der Waals surface area contributed by atoms with Gasteiger partial charge in [0.2, 0.25) is 0 Å². The highest BCUT2D eigenvalue weighted by atomic mass is 19.1. The first kappa shape index (κ1) is 26.4. The highest BCUT2D eigenvalue weighted by Gasteiger charge is 2.27. The molecule has 2 aromatic carbocycles. The molecule has 1 fully saturated rings. The van der Waals surface area contributed by atoms with Crippen molar-refractivity contribution in [2.75, 3.05) is 0 Å². The second kappa shape index (κ2) is 14.3. The normalized spacial score (nSPS) is 18.1. The lowest BCUT2D eigenvalue weighted by atomic mass is 9.80. The van der Waals surface area contributed by atoms with Gasteiger partial charge in [-0.3, -0.25) is 4.79 Å². The standard InChI is InChI=1S/C31H43FO2/c1-3-5-7-8-10-12-25-15-22-29(30(32)23-25)26-18-20-28(21-19-26)34-31(33)27-16-13-24(14-17-27)11-9-6-4-2/h15,18-24,27H,3-14,16-17H2,1-2H3/t24-,27-. The molecule has 1 aliphatic carbocycles. The number of carbonyl (C=O) groups is 1. The Hall–Kier alpha value is -2.16. The zero-order valence-corrected chi connectivity index (χ0v) is 21.3. The molecule has 2 nitrogen and oxygen atoms in total. The summed E-state index contributed by atoms with van der Waals surface area (Å²) in [4.78, 5) is 12.6. The first-order valence-electron chi connectivity index (χ1n) is 13.7. The van der Waals surface area contributed by atoms with Crippen molar-refractivity contribution in [2.24, 2.45) is 11.8 Å². The average molecular weight is 467 g/mol. The number of benzene rings is 2. The first-order valence-corrected chi connectivity index (χ1v) is 13.7. The van der Waals surface area contributed by atoms with Gasteiger partial charge >= 0.3 is 5.97 Å². The number of carbonyl (C=O) groups excluding carboxylic acids is 1. The number of hydrogen-bond acceptors (Lipinski definition) is 2. The Bertz CT molecular complexity index is 866. The largest absolute Gasteiger partial charge is 0.426 e. The number of aryl methyl sites for hydroxylation is 1. The minimum absolute atomic E-state index is 0.00839. The molecule has 0 saturated heterocycles. The molecule has 1 saturated carbocycles. The van der Waals surface area contributed by atoms with Crippen LogP contribution in [0.1, 0.15) is 103 Å². The smallest absolute Gasteiger partial charge is 0.314 e. The van der Waals surface area contributed by atoms with E-state index >= 15 is 0 Å². The highest BCUT2D eigenvalue weighted by Crippen LogP contribution is 2.33. The molecule has 0 aromatic heterocycles. The fraction of sp³-hybridized carbons (Fsp3) is 0.581. The number of rotatable bonds is 13. The lowest BCUT2D eigenvalue weighted by molar-refractivity contribution is -0.140. The summed E-state index contributed by atoms with van der Waals surface area (Å²) in [7, 11) is 0. The first-order chi connectivity index (χ1) is 16.6. The van der Waals surface area contributed by atoms with Crippen LogP contribution in [0.5, 0.6) is 5.75 Å². The van der Waals surface area contributed by atoms with Gasteiger partial charge in [-0.05, 0) is 73.8 Å². The summed E-state index contributed by atoms with van der Waals surface area (Å²) in [5, 5.41) is 0. The van der Waals surface area contributed by atoms with Crippen molar-refractivity contribution in [1.29, 1.82) is 0 Å². The second-order valence-corrected chi connectivity index (χ2v) is 10.1. The third-order valence-corrected chi connectivity index (χ3v) is 7.38. The van der Waals surface area contributed by atoms with Crippen LogP contribution in [0.25, 0.3) is 11.1 Å². The van der Waals surface area contributed by atoms with E-state index in [0.29, 0.717) is 11.3 Å². The molecule has 1 aliphatic rings. The van der Waals surface area contributed by atoms with Crippen LogP contribution in [-0.2, 0) is 11.2 Å². The Kier molecular flexibility index (Phi) is 11.1. The van der Waals surface area contributed by atoms with E-state index in [1.165, 1.54) is 51.4 Å². The fourth-order valence-corrected chi connectivity index (χ4v) is 5.15. The van der Waals surface area contributed by atoms with Crippen molar-refractivity contribution >= 4 is 5.97 Å². The van der Waals surface area contributed by atoms with Crippen LogP contribution in [-0.4, -0.2) is 5.97 Å². The molecule has 0 heterocycles. The molecule has 0 atom stereocenters. The van der Waals surface area contributed by atoms with Crippen LogP contribution in [0.3, 0.4) is 0 Å². The molecule has 0 spiro atoms. The maximum atomic E-state index is 14.8. The van der Waals surface area contributed by atoms with Crippen molar-refractivity contribution in [3.8, 4) is 16.9 Å². The van der Waals surface area contributed by atoms with Gasteiger partial charge in [-0.2, -0.15) is 0 Å². The zero-order chi connectivity index (χ0) is 24.2. The topological polar surface area (TPSA) is 26.3 Å². The Morgan fingerprint density at radius 2 is 1.53 bits per heavy atom. The summed E-state index contributed by atoms with van der Waals surface area (Å²) >= 11 is 0. The van der Waals surface area contributed by atoms with E-state index in [-0.39, 0.29) is 17.7 Å². The van der Waals surface area contributed by atoms with Gasteiger partial charge < -0.3 is 4.74 Å². The molecule has 2 aromatic rings. The van der Waals surface area contributed by atoms with Crippen LogP contribution in [0.4, 0.5) is 4.39 Å². The minimum atomic E-state index is -0.188. The molecular weight excluding hydrogens is 423 g/mol. The molecule has 0 radical (unpaired) electrons. The van der Waals surface area contributed by atoms with E-state index in [1.54, 1.807) is 18.2 Å². The van der Waals surface area contributed by atoms with E-state index in [4.69, 9.17) is 4.74 Å². The SMILES string of the molecule is CCCCCCCc1ccc(-c2ccc(OC(=O)[C@H]3CC[C@H](CCCCC)CC3)cc2)c(F)c1. The van der Waals surface area contributed by atoms with Gasteiger partial charge in [-0.15, -0.1) is 0 Å². The maximum absolute atomic E-state index is 14.8. The summed E-state index contributed by atoms with van der Waals surface area (Å²) in [6, 6.07) is 12.8. The van der Waals surface area contributed by atoms with Gasteiger partial charge in [0.25, 0.3) is 0 Å². The Labute approximate surface area is 206 Å². The van der Waals surface area contributed by atoms with E-state index in [0.717, 1.165) is 55.6 Å². The molecular formula is C31H43FO2. The Balaban J connectivity index is 1.48. The molecule has 0 unspecified atom stereocenters. The number of hydrogen-bond donors (Lipinski definition) is 0. The molecule has 0 N–H and O–H groups in total. The predicted molar refractivity (Wildman–Crippen MR) is 140 cm³/mol. The van der Waals surface area contributed by atoms with Gasteiger partial charge in [0.1, 0.15) is 11.6 Å². The van der Waals surface area contributed by atoms with Crippen molar-refractivity contribution in [2.45, 2.75) is 104 Å². The molecule has 0 amide bonds. The zero-order valence-electron chi connectivity index (χ0n) is 21.3. The fourth-order valence-electron chi connectivity index (χ4n) is 5.15. The van der Waals surface area contributed by atoms with E-state index in [2.05, 4.69) is 13.8 Å². The van der Waals surface area contributed by atoms with Gasteiger partial charge in [-0.25, -0.2) is 4.39 Å².